The van der Waals surface area contributed by atoms with E-state index < -0.39 is 8.07 Å². The lowest BCUT2D eigenvalue weighted by Gasteiger charge is -2.38. The van der Waals surface area contributed by atoms with Crippen LogP contribution >= 0.6 is 0 Å². The largest absolute Gasteiger partial charge is 0.140 e. The zero-order valence-electron chi connectivity index (χ0n) is 17.2. The lowest BCUT2D eigenvalue weighted by atomic mass is 10.0. The summed E-state index contributed by atoms with van der Waals surface area (Å²) in [6.07, 6.45) is 5.09. The summed E-state index contributed by atoms with van der Waals surface area (Å²) < 4.78 is 0. The molecular formula is C30H22Si. The molecule has 1 saturated heterocycles. The summed E-state index contributed by atoms with van der Waals surface area (Å²) in [5.74, 6) is 0. The van der Waals surface area contributed by atoms with E-state index in [9.17, 15) is 0 Å². The quantitative estimate of drug-likeness (QED) is 0.438. The second kappa shape index (κ2) is 6.29. The Balaban J connectivity index is 1.67. The van der Waals surface area contributed by atoms with Crippen LogP contribution in [0.1, 0.15) is 16.7 Å². The van der Waals surface area contributed by atoms with E-state index in [0.717, 1.165) is 0 Å². The second-order valence-electron chi connectivity index (χ2n) is 8.91. The molecule has 1 heterocycles. The van der Waals surface area contributed by atoms with Gasteiger partial charge in [0.15, 0.2) is 0 Å². The molecule has 0 spiro atoms. The molecule has 7 rings (SSSR count). The molecule has 0 nitrogen and oxygen atoms in total. The van der Waals surface area contributed by atoms with Crippen molar-refractivity contribution >= 4 is 36.2 Å². The first-order valence-corrected chi connectivity index (χ1v) is 13.3. The number of benzene rings is 4. The summed E-state index contributed by atoms with van der Waals surface area (Å²) in [6.45, 7) is 0. The van der Waals surface area contributed by atoms with Gasteiger partial charge in [0, 0.05) is 11.1 Å². The smallest absolute Gasteiger partial charge is 0.0711 e. The van der Waals surface area contributed by atoms with E-state index in [4.69, 9.17) is 0 Å². The van der Waals surface area contributed by atoms with Gasteiger partial charge >= 0.3 is 0 Å². The van der Waals surface area contributed by atoms with Gasteiger partial charge in [0.2, 0.25) is 0 Å². The molecule has 2 atom stereocenters. The predicted octanol–water partition coefficient (Wildman–Crippen LogP) is 4.00. The number of hydrogen-bond donors (Lipinski definition) is 0. The summed E-state index contributed by atoms with van der Waals surface area (Å²) in [4.78, 5) is 0. The number of allylic oxidation sites excluding steroid dienone is 1. The first-order valence-electron chi connectivity index (χ1n) is 11.1. The fourth-order valence-electron chi connectivity index (χ4n) is 6.53. The minimum atomic E-state index is -2.25. The van der Waals surface area contributed by atoms with Crippen LogP contribution in [0.4, 0.5) is 0 Å². The van der Waals surface area contributed by atoms with E-state index >= 15 is 0 Å². The molecule has 0 N–H and O–H groups in total. The highest BCUT2D eigenvalue weighted by Gasteiger charge is 2.61. The summed E-state index contributed by atoms with van der Waals surface area (Å²) in [5.41, 5.74) is 6.98. The molecule has 4 aromatic rings. The van der Waals surface area contributed by atoms with E-state index in [1.54, 1.807) is 11.1 Å². The van der Waals surface area contributed by atoms with Crippen LogP contribution in [-0.4, -0.2) is 8.07 Å². The topological polar surface area (TPSA) is 0 Å². The van der Waals surface area contributed by atoms with Crippen molar-refractivity contribution in [1.29, 1.82) is 0 Å². The maximum Gasteiger partial charge on any atom is 0.140 e. The standard InChI is InChI=1S/C30H22Si/c1-3-13-23(14-4-1)31(24-15-5-2-6-16-24)28-20-22-12-7-9-17-25(22)29(28)27-19-21-11-8-10-18-26(21)30(27)31/h1-20,28,30H. The Morgan fingerprint density at radius 2 is 1.19 bits per heavy atom. The molecule has 1 aliphatic heterocycles. The van der Waals surface area contributed by atoms with E-state index in [1.807, 2.05) is 0 Å². The minimum Gasteiger partial charge on any atom is -0.0711 e. The van der Waals surface area contributed by atoms with Gasteiger partial charge < -0.3 is 0 Å². The Morgan fingerprint density at radius 1 is 0.581 bits per heavy atom. The summed E-state index contributed by atoms with van der Waals surface area (Å²) >= 11 is 0. The molecule has 2 unspecified atom stereocenters. The molecule has 3 aliphatic rings. The average Bonchev–Trinajstić information content (AvgIpc) is 3.47. The van der Waals surface area contributed by atoms with Crippen LogP contribution in [-0.2, 0) is 0 Å². The third kappa shape index (κ3) is 2.14. The Morgan fingerprint density at radius 3 is 1.94 bits per heavy atom. The Kier molecular flexibility index (Phi) is 3.51. The maximum absolute atomic E-state index is 2.60. The highest BCUT2D eigenvalue weighted by Crippen LogP contribution is 2.60. The van der Waals surface area contributed by atoms with Crippen LogP contribution in [0.2, 0.25) is 5.54 Å². The molecule has 1 heteroatoms. The fourth-order valence-corrected chi connectivity index (χ4v) is 12.8. The molecule has 0 aromatic heterocycles. The van der Waals surface area contributed by atoms with Crippen LogP contribution in [0.5, 0.6) is 0 Å². The second-order valence-corrected chi connectivity index (χ2v) is 13.0. The lowest BCUT2D eigenvalue weighted by Crippen LogP contribution is -2.62. The zero-order chi connectivity index (χ0) is 20.4. The van der Waals surface area contributed by atoms with Crippen molar-refractivity contribution in [3.8, 4) is 0 Å². The fraction of sp³-hybridized carbons (Fsp3) is 0.0667. The van der Waals surface area contributed by atoms with Crippen molar-refractivity contribution in [2.24, 2.45) is 0 Å². The number of rotatable bonds is 2. The Hall–Kier alpha value is -3.42. The van der Waals surface area contributed by atoms with Gasteiger partial charge in [-0.3, -0.25) is 0 Å². The van der Waals surface area contributed by atoms with Crippen LogP contribution in [0.3, 0.4) is 0 Å². The highest BCUT2D eigenvalue weighted by molar-refractivity contribution is 7.08. The average molecular weight is 411 g/mol. The maximum atomic E-state index is 2.60. The first-order chi connectivity index (χ1) is 15.4. The van der Waals surface area contributed by atoms with Crippen LogP contribution in [0.15, 0.2) is 115 Å². The van der Waals surface area contributed by atoms with Gasteiger partial charge in [0.1, 0.15) is 8.07 Å². The molecule has 4 aromatic carbocycles. The molecule has 0 amide bonds. The predicted molar refractivity (Wildman–Crippen MR) is 132 cm³/mol. The lowest BCUT2D eigenvalue weighted by molar-refractivity contribution is 1.16. The van der Waals surface area contributed by atoms with Crippen molar-refractivity contribution < 1.29 is 0 Å². The van der Waals surface area contributed by atoms with Gasteiger partial charge in [-0.05, 0) is 32.7 Å². The van der Waals surface area contributed by atoms with Crippen molar-refractivity contribution in [2.75, 3.05) is 0 Å². The zero-order valence-corrected chi connectivity index (χ0v) is 18.2. The Bertz CT molecular complexity index is 1440. The SMILES string of the molecule is C1=C2C3=c4ccccc4=CC3[Si](c3ccccc3)(c3ccccc3)C2c2ccccc21. The third-order valence-corrected chi connectivity index (χ3v) is 13.1. The van der Waals surface area contributed by atoms with Crippen molar-refractivity contribution in [2.45, 2.75) is 11.1 Å². The van der Waals surface area contributed by atoms with Gasteiger partial charge in [0.05, 0.1) is 0 Å². The van der Waals surface area contributed by atoms with Gasteiger partial charge in [-0.15, -0.1) is 0 Å². The number of fused-ring (bicyclic) bond motifs is 6. The normalized spacial score (nSPS) is 21.5. The molecule has 0 radical (unpaired) electrons. The molecule has 0 saturated carbocycles. The van der Waals surface area contributed by atoms with Gasteiger partial charge in [-0.25, -0.2) is 0 Å². The molecule has 1 fully saturated rings. The molecular weight excluding hydrogens is 388 g/mol. The van der Waals surface area contributed by atoms with E-state index in [2.05, 4.69) is 121 Å². The first kappa shape index (κ1) is 17.3. The van der Waals surface area contributed by atoms with E-state index in [1.165, 1.54) is 31.9 Å². The summed E-state index contributed by atoms with van der Waals surface area (Å²) in [7, 11) is -2.25. The van der Waals surface area contributed by atoms with Crippen LogP contribution in [0, 0.1) is 0 Å². The van der Waals surface area contributed by atoms with Gasteiger partial charge in [-0.1, -0.05) is 132 Å². The highest BCUT2D eigenvalue weighted by atomic mass is 28.3. The van der Waals surface area contributed by atoms with E-state index in [-0.39, 0.29) is 0 Å². The Labute approximate surface area is 183 Å². The van der Waals surface area contributed by atoms with Crippen LogP contribution < -0.4 is 20.8 Å². The summed E-state index contributed by atoms with van der Waals surface area (Å²) in [6, 6.07) is 40.9. The van der Waals surface area contributed by atoms with Crippen LogP contribution in [0.25, 0.3) is 17.7 Å². The molecule has 0 bridgehead atoms. The van der Waals surface area contributed by atoms with Crippen molar-refractivity contribution in [1.82, 2.24) is 0 Å². The molecule has 31 heavy (non-hydrogen) atoms. The summed E-state index contributed by atoms with van der Waals surface area (Å²) in [5, 5.41) is 5.93. The minimum absolute atomic E-state index is 0.457. The molecule has 146 valence electrons. The van der Waals surface area contributed by atoms with Crippen molar-refractivity contribution in [3.05, 3.63) is 136 Å². The van der Waals surface area contributed by atoms with E-state index in [0.29, 0.717) is 11.1 Å². The van der Waals surface area contributed by atoms with Gasteiger partial charge in [-0.2, -0.15) is 0 Å². The van der Waals surface area contributed by atoms with Gasteiger partial charge in [0.25, 0.3) is 0 Å². The van der Waals surface area contributed by atoms with Crippen molar-refractivity contribution in [3.63, 3.8) is 0 Å². The monoisotopic (exact) mass is 410 g/mol. The third-order valence-electron chi connectivity index (χ3n) is 7.60. The number of hydrogen-bond acceptors (Lipinski definition) is 0. The molecule has 2 aliphatic carbocycles.